The number of rotatable bonds is 2. The Morgan fingerprint density at radius 2 is 1.77 bits per heavy atom. The van der Waals surface area contributed by atoms with Crippen molar-refractivity contribution in [1.82, 2.24) is 4.98 Å². The van der Waals surface area contributed by atoms with Crippen molar-refractivity contribution in [3.63, 3.8) is 0 Å². The molecule has 4 rings (SSSR count). The summed E-state index contributed by atoms with van der Waals surface area (Å²) < 4.78 is 1.14. The normalized spacial score (nSPS) is 11.6. The van der Waals surface area contributed by atoms with Gasteiger partial charge in [-0.3, -0.25) is 0 Å². The van der Waals surface area contributed by atoms with Gasteiger partial charge in [0.2, 0.25) is 5.13 Å². The Kier molecular flexibility index (Phi) is 3.09. The maximum absolute atomic E-state index is 9.76. The van der Waals surface area contributed by atoms with E-state index in [2.05, 4.69) is 28.2 Å². The maximum atomic E-state index is 9.76. The Morgan fingerprint density at radius 1 is 0.955 bits per heavy atom. The Hall–Kier alpha value is -2.72. The van der Waals surface area contributed by atoms with Gasteiger partial charge >= 0.3 is 0 Å². The topological polar surface area (TPSA) is 45.5 Å². The van der Waals surface area contributed by atoms with Crippen LogP contribution < -0.4 is 0 Å². The predicted molar refractivity (Wildman–Crippen MR) is 92.5 cm³/mol. The first kappa shape index (κ1) is 13.0. The highest BCUT2D eigenvalue weighted by atomic mass is 32.1. The lowest BCUT2D eigenvalue weighted by atomic mass is 10.1. The molecule has 0 radical (unpaired) electrons. The fourth-order valence-electron chi connectivity index (χ4n) is 2.42. The van der Waals surface area contributed by atoms with Gasteiger partial charge in [0.1, 0.15) is 5.75 Å². The molecule has 0 bridgehead atoms. The minimum absolute atomic E-state index is 0.220. The molecule has 4 aromatic rings. The highest BCUT2D eigenvalue weighted by Gasteiger charge is 2.06. The van der Waals surface area contributed by atoms with E-state index in [9.17, 15) is 5.11 Å². The van der Waals surface area contributed by atoms with Gasteiger partial charge in [0, 0.05) is 17.2 Å². The minimum Gasteiger partial charge on any atom is -0.507 e. The van der Waals surface area contributed by atoms with Crippen LogP contribution in [-0.2, 0) is 0 Å². The van der Waals surface area contributed by atoms with Crippen LogP contribution in [0.25, 0.3) is 21.0 Å². The van der Waals surface area contributed by atoms with Crippen LogP contribution in [0.1, 0.15) is 5.56 Å². The second-order valence-corrected chi connectivity index (χ2v) is 5.93. The lowest BCUT2D eigenvalue weighted by Gasteiger charge is -1.96. The molecule has 1 heterocycles. The van der Waals surface area contributed by atoms with Crippen LogP contribution in [0.2, 0.25) is 0 Å². The largest absolute Gasteiger partial charge is 0.507 e. The van der Waals surface area contributed by atoms with E-state index >= 15 is 0 Å². The van der Waals surface area contributed by atoms with E-state index in [0.29, 0.717) is 10.7 Å². The molecule has 3 aromatic carbocycles. The van der Waals surface area contributed by atoms with Crippen molar-refractivity contribution in [3.8, 4) is 5.75 Å². The number of phenolic OH excluding ortho intramolecular Hbond substituents is 1. The number of benzene rings is 3. The average molecular weight is 304 g/mol. The number of hydrogen-bond donors (Lipinski definition) is 1. The molecule has 0 aliphatic rings. The molecule has 22 heavy (non-hydrogen) atoms. The third-order valence-electron chi connectivity index (χ3n) is 3.52. The number of aromatic hydroxyl groups is 1. The highest BCUT2D eigenvalue weighted by molar-refractivity contribution is 7.22. The SMILES string of the molecule is Oc1ccccc1/C=N/c1nc2ccc3ccccc3c2s1. The molecule has 0 saturated heterocycles. The molecule has 106 valence electrons. The Morgan fingerprint density at radius 3 is 2.68 bits per heavy atom. The van der Waals surface area contributed by atoms with Crippen LogP contribution in [0.4, 0.5) is 5.13 Å². The molecular formula is C18H12N2OS. The molecular weight excluding hydrogens is 292 g/mol. The zero-order valence-electron chi connectivity index (χ0n) is 11.6. The van der Waals surface area contributed by atoms with E-state index in [-0.39, 0.29) is 5.75 Å². The van der Waals surface area contributed by atoms with E-state index in [1.54, 1.807) is 29.7 Å². The summed E-state index contributed by atoms with van der Waals surface area (Å²) in [6.45, 7) is 0. The highest BCUT2D eigenvalue weighted by Crippen LogP contribution is 2.33. The van der Waals surface area contributed by atoms with E-state index < -0.39 is 0 Å². The van der Waals surface area contributed by atoms with Crippen molar-refractivity contribution >= 4 is 43.7 Å². The van der Waals surface area contributed by atoms with E-state index in [1.807, 2.05) is 30.3 Å². The van der Waals surface area contributed by atoms with Crippen molar-refractivity contribution < 1.29 is 5.11 Å². The molecule has 0 aliphatic heterocycles. The number of nitrogens with zero attached hydrogens (tertiary/aromatic N) is 2. The smallest absolute Gasteiger partial charge is 0.210 e. The maximum Gasteiger partial charge on any atom is 0.210 e. The molecule has 3 nitrogen and oxygen atoms in total. The number of para-hydroxylation sites is 1. The minimum atomic E-state index is 0.220. The van der Waals surface area contributed by atoms with Gasteiger partial charge in [0.15, 0.2) is 0 Å². The van der Waals surface area contributed by atoms with Crippen molar-refractivity contribution in [2.75, 3.05) is 0 Å². The second-order valence-electron chi connectivity index (χ2n) is 4.95. The summed E-state index contributed by atoms with van der Waals surface area (Å²) in [5.74, 6) is 0.220. The number of phenols is 1. The summed E-state index contributed by atoms with van der Waals surface area (Å²) in [7, 11) is 0. The second kappa shape index (κ2) is 5.24. The van der Waals surface area contributed by atoms with E-state index in [4.69, 9.17) is 0 Å². The summed E-state index contributed by atoms with van der Waals surface area (Å²) in [6.07, 6.45) is 1.65. The van der Waals surface area contributed by atoms with Gasteiger partial charge in [-0.05, 0) is 23.6 Å². The molecule has 0 amide bonds. The van der Waals surface area contributed by atoms with Crippen molar-refractivity contribution in [1.29, 1.82) is 0 Å². The van der Waals surface area contributed by atoms with Crippen LogP contribution in [0.5, 0.6) is 5.75 Å². The molecule has 1 N–H and O–H groups in total. The zero-order chi connectivity index (χ0) is 14.9. The third-order valence-corrected chi connectivity index (χ3v) is 4.53. The number of aromatic nitrogens is 1. The van der Waals surface area contributed by atoms with Crippen LogP contribution >= 0.6 is 11.3 Å². The summed E-state index contributed by atoms with van der Waals surface area (Å²) in [5, 5.41) is 12.9. The van der Waals surface area contributed by atoms with E-state index in [0.717, 1.165) is 10.2 Å². The molecule has 1 aromatic heterocycles. The third kappa shape index (κ3) is 2.23. The van der Waals surface area contributed by atoms with Crippen molar-refractivity contribution in [2.45, 2.75) is 0 Å². The Bertz CT molecular complexity index is 1000. The lowest BCUT2D eigenvalue weighted by molar-refractivity contribution is 0.474. The first-order valence-corrected chi connectivity index (χ1v) is 7.73. The molecule has 4 heteroatoms. The number of hydrogen-bond acceptors (Lipinski definition) is 4. The van der Waals surface area contributed by atoms with Crippen LogP contribution in [0.3, 0.4) is 0 Å². The summed E-state index contributed by atoms with van der Waals surface area (Å²) >= 11 is 1.56. The van der Waals surface area contributed by atoms with Crippen LogP contribution in [0, 0.1) is 0 Å². The summed E-state index contributed by atoms with van der Waals surface area (Å²) in [4.78, 5) is 8.95. The van der Waals surface area contributed by atoms with Gasteiger partial charge in [0.25, 0.3) is 0 Å². The van der Waals surface area contributed by atoms with Gasteiger partial charge < -0.3 is 5.11 Å². The average Bonchev–Trinajstić information content (AvgIpc) is 2.98. The zero-order valence-corrected chi connectivity index (χ0v) is 12.4. The Balaban J connectivity index is 1.80. The Labute approximate surface area is 131 Å². The predicted octanol–water partition coefficient (Wildman–Crippen LogP) is 4.91. The molecule has 0 unspecified atom stereocenters. The molecule has 0 fully saturated rings. The van der Waals surface area contributed by atoms with Crippen LogP contribution in [0.15, 0.2) is 65.7 Å². The number of fused-ring (bicyclic) bond motifs is 3. The van der Waals surface area contributed by atoms with Crippen molar-refractivity contribution in [2.24, 2.45) is 4.99 Å². The standard InChI is InChI=1S/C18H12N2OS/c21-16-8-4-2-6-13(16)11-19-18-20-15-10-9-12-5-1-3-7-14(12)17(15)22-18/h1-11,21H/b19-11+. The quantitative estimate of drug-likeness (QED) is 0.535. The lowest BCUT2D eigenvalue weighted by Crippen LogP contribution is -1.80. The molecule has 0 atom stereocenters. The summed E-state index contributed by atoms with van der Waals surface area (Å²) in [5.41, 5.74) is 1.64. The molecule has 0 aliphatic carbocycles. The van der Waals surface area contributed by atoms with Crippen LogP contribution in [-0.4, -0.2) is 16.3 Å². The van der Waals surface area contributed by atoms with Gasteiger partial charge in [-0.2, -0.15) is 0 Å². The molecule has 0 saturated carbocycles. The fraction of sp³-hybridized carbons (Fsp3) is 0. The summed E-state index contributed by atoms with van der Waals surface area (Å²) in [6, 6.07) is 19.5. The fourth-order valence-corrected chi connectivity index (χ4v) is 3.37. The monoisotopic (exact) mass is 304 g/mol. The number of thiazole rings is 1. The van der Waals surface area contributed by atoms with E-state index in [1.165, 1.54) is 10.8 Å². The van der Waals surface area contributed by atoms with Gasteiger partial charge in [-0.25, -0.2) is 9.98 Å². The van der Waals surface area contributed by atoms with Gasteiger partial charge in [0.05, 0.1) is 10.2 Å². The molecule has 0 spiro atoms. The first-order valence-electron chi connectivity index (χ1n) is 6.91. The number of aliphatic imine (C=N–C) groups is 1. The first-order chi connectivity index (χ1) is 10.8. The van der Waals surface area contributed by atoms with Gasteiger partial charge in [-0.15, -0.1) is 0 Å². The van der Waals surface area contributed by atoms with Gasteiger partial charge in [-0.1, -0.05) is 53.8 Å². The van der Waals surface area contributed by atoms with Crippen molar-refractivity contribution in [3.05, 3.63) is 66.2 Å².